The maximum atomic E-state index is 12.6. The maximum Gasteiger partial charge on any atom is 0.416 e. The first-order valence-corrected chi connectivity index (χ1v) is 7.41. The van der Waals surface area contributed by atoms with Crippen LogP contribution in [0, 0.1) is 0 Å². The van der Waals surface area contributed by atoms with E-state index in [1.54, 1.807) is 6.07 Å². The lowest BCUT2D eigenvalue weighted by molar-refractivity contribution is -0.137. The van der Waals surface area contributed by atoms with Gasteiger partial charge < -0.3 is 10.6 Å². The molecule has 2 rings (SSSR count). The zero-order valence-electron chi connectivity index (χ0n) is 10.9. The van der Waals surface area contributed by atoms with Gasteiger partial charge in [0, 0.05) is 24.6 Å². The third-order valence-electron chi connectivity index (χ3n) is 3.01. The average molecular weight is 303 g/mol. The molecule has 0 bridgehead atoms. The first-order valence-electron chi connectivity index (χ1n) is 6.25. The van der Waals surface area contributed by atoms with Gasteiger partial charge in [-0.15, -0.1) is 0 Å². The predicted octanol–water partition coefficient (Wildman–Crippen LogP) is 2.57. The lowest BCUT2D eigenvalue weighted by atomic mass is 10.1. The van der Waals surface area contributed by atoms with Gasteiger partial charge in [0.25, 0.3) is 0 Å². The van der Waals surface area contributed by atoms with Crippen molar-refractivity contribution in [2.45, 2.75) is 12.7 Å². The zero-order valence-corrected chi connectivity index (χ0v) is 11.7. The van der Waals surface area contributed by atoms with Crippen molar-refractivity contribution in [1.29, 1.82) is 0 Å². The molecule has 7 heteroatoms. The Morgan fingerprint density at radius 2 is 2.00 bits per heavy atom. The summed E-state index contributed by atoms with van der Waals surface area (Å²) in [4.78, 5) is 6.15. The standard InChI is InChI=1S/C13H16F3N3S/c14-13(15,16)11-3-1-2-10(8-11)9-18-12(17)19-4-6-20-7-5-19/h1-3,8H,4-7,9H2,(H2,17,18). The summed E-state index contributed by atoms with van der Waals surface area (Å²) in [5, 5.41) is 0. The fraction of sp³-hybridized carbons (Fsp3) is 0.462. The van der Waals surface area contributed by atoms with E-state index in [1.807, 2.05) is 16.7 Å². The first-order chi connectivity index (χ1) is 9.47. The summed E-state index contributed by atoms with van der Waals surface area (Å²) in [6.07, 6.45) is -4.32. The van der Waals surface area contributed by atoms with Crippen molar-refractivity contribution in [3.8, 4) is 0 Å². The topological polar surface area (TPSA) is 41.6 Å². The molecule has 0 radical (unpaired) electrons. The van der Waals surface area contributed by atoms with Gasteiger partial charge in [-0.2, -0.15) is 24.9 Å². The molecule has 0 unspecified atom stereocenters. The van der Waals surface area contributed by atoms with Crippen molar-refractivity contribution in [3.05, 3.63) is 35.4 Å². The molecule has 1 saturated heterocycles. The third kappa shape index (κ3) is 4.06. The van der Waals surface area contributed by atoms with Crippen LogP contribution in [0.1, 0.15) is 11.1 Å². The lowest BCUT2D eigenvalue weighted by Crippen LogP contribution is -2.42. The predicted molar refractivity (Wildman–Crippen MR) is 75.7 cm³/mol. The van der Waals surface area contributed by atoms with Crippen molar-refractivity contribution >= 4 is 17.7 Å². The molecule has 110 valence electrons. The van der Waals surface area contributed by atoms with Crippen molar-refractivity contribution < 1.29 is 13.2 Å². The lowest BCUT2D eigenvalue weighted by Gasteiger charge is -2.27. The molecular weight excluding hydrogens is 287 g/mol. The number of hydrogen-bond acceptors (Lipinski definition) is 2. The SMILES string of the molecule is NC(=NCc1cccc(C(F)(F)F)c1)N1CCSCC1. The monoisotopic (exact) mass is 303 g/mol. The maximum absolute atomic E-state index is 12.6. The van der Waals surface area contributed by atoms with E-state index < -0.39 is 11.7 Å². The van der Waals surface area contributed by atoms with E-state index in [4.69, 9.17) is 5.73 Å². The normalized spacial score (nSPS) is 17.4. The summed E-state index contributed by atoms with van der Waals surface area (Å²) < 4.78 is 37.8. The molecular formula is C13H16F3N3S. The summed E-state index contributed by atoms with van der Waals surface area (Å²) in [6.45, 7) is 1.84. The highest BCUT2D eigenvalue weighted by atomic mass is 32.2. The molecule has 3 nitrogen and oxygen atoms in total. The van der Waals surface area contributed by atoms with Crippen LogP contribution in [0.25, 0.3) is 0 Å². The minimum absolute atomic E-state index is 0.166. The van der Waals surface area contributed by atoms with E-state index in [1.165, 1.54) is 6.07 Å². The van der Waals surface area contributed by atoms with Gasteiger partial charge in [0.15, 0.2) is 5.96 Å². The number of guanidine groups is 1. The van der Waals surface area contributed by atoms with E-state index in [-0.39, 0.29) is 6.54 Å². The van der Waals surface area contributed by atoms with E-state index in [0.29, 0.717) is 11.5 Å². The largest absolute Gasteiger partial charge is 0.416 e. The van der Waals surface area contributed by atoms with Crippen molar-refractivity contribution in [1.82, 2.24) is 4.90 Å². The van der Waals surface area contributed by atoms with Gasteiger partial charge in [-0.05, 0) is 17.7 Å². The molecule has 1 aliphatic heterocycles. The molecule has 0 aromatic heterocycles. The molecule has 0 spiro atoms. The fourth-order valence-corrected chi connectivity index (χ4v) is 2.81. The van der Waals surface area contributed by atoms with Crippen molar-refractivity contribution in [2.24, 2.45) is 10.7 Å². The Morgan fingerprint density at radius 1 is 1.30 bits per heavy atom. The number of rotatable bonds is 2. The molecule has 2 N–H and O–H groups in total. The number of halogens is 3. The number of alkyl halides is 3. The Morgan fingerprint density at radius 3 is 2.65 bits per heavy atom. The van der Waals surface area contributed by atoms with Crippen LogP contribution in [0.2, 0.25) is 0 Å². The highest BCUT2D eigenvalue weighted by Gasteiger charge is 2.30. The third-order valence-corrected chi connectivity index (χ3v) is 3.96. The van der Waals surface area contributed by atoms with Crippen LogP contribution in [0.3, 0.4) is 0 Å². The highest BCUT2D eigenvalue weighted by Crippen LogP contribution is 2.29. The van der Waals surface area contributed by atoms with Crippen LogP contribution in [0.5, 0.6) is 0 Å². The van der Waals surface area contributed by atoms with E-state index in [9.17, 15) is 13.2 Å². The first kappa shape index (κ1) is 15.0. The molecule has 20 heavy (non-hydrogen) atoms. The summed E-state index contributed by atoms with van der Waals surface area (Å²) in [5.41, 5.74) is 5.72. The van der Waals surface area contributed by atoms with Crippen LogP contribution in [-0.4, -0.2) is 35.5 Å². The van der Waals surface area contributed by atoms with Gasteiger partial charge in [-0.1, -0.05) is 12.1 Å². The van der Waals surface area contributed by atoms with Gasteiger partial charge >= 0.3 is 6.18 Å². The number of benzene rings is 1. The molecule has 0 saturated carbocycles. The summed E-state index contributed by atoms with van der Waals surface area (Å²) in [5.74, 6) is 2.40. The molecule has 1 aliphatic rings. The Kier molecular flexibility index (Phi) is 4.80. The van der Waals surface area contributed by atoms with Gasteiger partial charge in [0.1, 0.15) is 0 Å². The van der Waals surface area contributed by atoms with Gasteiger partial charge in [-0.3, -0.25) is 0 Å². The molecule has 0 amide bonds. The smallest absolute Gasteiger partial charge is 0.370 e. The van der Waals surface area contributed by atoms with Gasteiger partial charge in [0.2, 0.25) is 0 Å². The van der Waals surface area contributed by atoms with Crippen molar-refractivity contribution in [3.63, 3.8) is 0 Å². The van der Waals surface area contributed by atoms with Crippen LogP contribution in [-0.2, 0) is 12.7 Å². The highest BCUT2D eigenvalue weighted by molar-refractivity contribution is 7.99. The second kappa shape index (κ2) is 6.39. The summed E-state index contributed by atoms with van der Waals surface area (Å²) in [7, 11) is 0. The van der Waals surface area contributed by atoms with E-state index >= 15 is 0 Å². The zero-order chi connectivity index (χ0) is 14.6. The van der Waals surface area contributed by atoms with E-state index in [2.05, 4.69) is 4.99 Å². The average Bonchev–Trinajstić information content (AvgIpc) is 2.45. The number of nitrogens with two attached hydrogens (primary N) is 1. The number of hydrogen-bond donors (Lipinski definition) is 1. The second-order valence-electron chi connectivity index (χ2n) is 4.47. The molecule has 0 atom stereocenters. The molecule has 0 aliphatic carbocycles. The van der Waals surface area contributed by atoms with Gasteiger partial charge in [0.05, 0.1) is 12.1 Å². The van der Waals surface area contributed by atoms with Gasteiger partial charge in [-0.25, -0.2) is 4.99 Å². The minimum atomic E-state index is -4.32. The molecule has 1 fully saturated rings. The summed E-state index contributed by atoms with van der Waals surface area (Å²) >= 11 is 1.86. The fourth-order valence-electron chi connectivity index (χ4n) is 1.91. The van der Waals surface area contributed by atoms with Crippen molar-refractivity contribution in [2.75, 3.05) is 24.6 Å². The molecule has 1 aromatic carbocycles. The quantitative estimate of drug-likeness (QED) is 0.674. The number of thioether (sulfide) groups is 1. The van der Waals surface area contributed by atoms with Crippen LogP contribution in [0.4, 0.5) is 13.2 Å². The van der Waals surface area contributed by atoms with Crippen LogP contribution < -0.4 is 5.73 Å². The summed E-state index contributed by atoms with van der Waals surface area (Å²) in [6, 6.07) is 5.18. The molecule has 1 heterocycles. The Balaban J connectivity index is 2.02. The van der Waals surface area contributed by atoms with E-state index in [0.717, 1.165) is 36.7 Å². The van der Waals surface area contributed by atoms with Crippen LogP contribution >= 0.6 is 11.8 Å². The molecule has 1 aromatic rings. The second-order valence-corrected chi connectivity index (χ2v) is 5.70. The minimum Gasteiger partial charge on any atom is -0.370 e. The number of aliphatic imine (C=N–C) groups is 1. The Hall–Kier alpha value is -1.37. The van der Waals surface area contributed by atoms with Crippen LogP contribution in [0.15, 0.2) is 29.3 Å². The number of nitrogens with zero attached hydrogens (tertiary/aromatic N) is 2. The Labute approximate surface area is 120 Å². The Bertz CT molecular complexity index is 482.